The van der Waals surface area contributed by atoms with Crippen molar-refractivity contribution >= 4 is 69.2 Å². The van der Waals surface area contributed by atoms with E-state index in [1.54, 1.807) is 18.2 Å². The van der Waals surface area contributed by atoms with Crippen LogP contribution in [0.5, 0.6) is 0 Å². The highest BCUT2D eigenvalue weighted by atomic mass is 35.5. The highest BCUT2D eigenvalue weighted by molar-refractivity contribution is 7.00. The monoisotopic (exact) mass is 396 g/mol. The van der Waals surface area contributed by atoms with Crippen molar-refractivity contribution in [2.75, 3.05) is 17.7 Å². The molecule has 3 N–H and O–H groups in total. The molecule has 0 aliphatic rings. The molecule has 0 bridgehead atoms. The first kappa shape index (κ1) is 17.4. The van der Waals surface area contributed by atoms with E-state index in [0.717, 1.165) is 11.7 Å². The van der Waals surface area contributed by atoms with Crippen molar-refractivity contribution in [1.82, 2.24) is 8.75 Å². The zero-order valence-corrected chi connectivity index (χ0v) is 14.8. The van der Waals surface area contributed by atoms with Crippen molar-refractivity contribution in [2.24, 2.45) is 0 Å². The van der Waals surface area contributed by atoms with Crippen LogP contribution in [0.25, 0.3) is 11.0 Å². The second kappa shape index (κ2) is 7.22. The van der Waals surface area contributed by atoms with E-state index in [2.05, 4.69) is 14.1 Å². The summed E-state index contributed by atoms with van der Waals surface area (Å²) in [5, 5.41) is 2.99. The van der Waals surface area contributed by atoms with Crippen molar-refractivity contribution in [1.29, 1.82) is 0 Å². The smallest absolute Gasteiger partial charge is 0.340 e. The summed E-state index contributed by atoms with van der Waals surface area (Å²) in [5.41, 5.74) is 7.48. The second-order valence-electron chi connectivity index (χ2n) is 4.91. The normalized spacial score (nSPS) is 10.6. The molecule has 2 aromatic carbocycles. The molecule has 1 amide bonds. The van der Waals surface area contributed by atoms with Crippen LogP contribution in [0.15, 0.2) is 30.3 Å². The molecule has 3 aromatic rings. The molecule has 0 radical (unpaired) electrons. The third kappa shape index (κ3) is 3.81. The van der Waals surface area contributed by atoms with Gasteiger partial charge in [0, 0.05) is 5.02 Å². The van der Waals surface area contributed by atoms with Crippen LogP contribution in [0.2, 0.25) is 10.0 Å². The number of benzene rings is 2. The van der Waals surface area contributed by atoms with E-state index in [0.29, 0.717) is 16.7 Å². The first-order valence-corrected chi connectivity index (χ1v) is 8.37. The number of nitrogens with one attached hydrogen (secondary N) is 1. The van der Waals surface area contributed by atoms with Crippen LogP contribution in [0.4, 0.5) is 11.4 Å². The Balaban J connectivity index is 1.66. The summed E-state index contributed by atoms with van der Waals surface area (Å²) in [6.45, 7) is -0.504. The fourth-order valence-electron chi connectivity index (χ4n) is 2.06. The number of nitrogen functional groups attached to an aromatic ring is 1. The number of fused-ring (bicyclic) bond motifs is 1. The van der Waals surface area contributed by atoms with Gasteiger partial charge in [0.05, 0.1) is 33.7 Å². The van der Waals surface area contributed by atoms with Crippen LogP contribution >= 0.6 is 34.9 Å². The van der Waals surface area contributed by atoms with E-state index < -0.39 is 18.5 Å². The summed E-state index contributed by atoms with van der Waals surface area (Å²) in [4.78, 5) is 24.1. The number of hydrogen-bond donors (Lipinski definition) is 2. The van der Waals surface area contributed by atoms with Gasteiger partial charge < -0.3 is 15.8 Å². The number of aromatic nitrogens is 2. The summed E-state index contributed by atoms with van der Waals surface area (Å²) < 4.78 is 13.2. The largest absolute Gasteiger partial charge is 0.452 e. The number of rotatable bonds is 4. The summed E-state index contributed by atoms with van der Waals surface area (Å²) in [6.07, 6.45) is 0. The molecule has 128 valence electrons. The minimum atomic E-state index is -0.800. The lowest BCUT2D eigenvalue weighted by atomic mass is 10.2. The number of anilines is 2. The molecule has 1 aromatic heterocycles. The molecule has 3 rings (SSSR count). The van der Waals surface area contributed by atoms with Crippen LogP contribution in [-0.2, 0) is 9.53 Å². The standard InChI is InChI=1S/C15H10Cl2N4O3S/c16-7-4-8(13(18)9(17)5-7)15(23)24-6-12(22)19-10-2-1-3-11-14(10)21-25-20-11/h1-5H,6,18H2,(H,19,22). The first-order valence-electron chi connectivity index (χ1n) is 6.88. The SMILES string of the molecule is Nc1c(Cl)cc(Cl)cc1C(=O)OCC(=O)Nc1cccc2nsnc12. The Bertz CT molecular complexity index is 977. The van der Waals surface area contributed by atoms with Gasteiger partial charge >= 0.3 is 5.97 Å². The number of amides is 1. The van der Waals surface area contributed by atoms with Gasteiger partial charge in [-0.3, -0.25) is 4.79 Å². The Labute approximate surface area is 156 Å². The van der Waals surface area contributed by atoms with E-state index in [9.17, 15) is 9.59 Å². The van der Waals surface area contributed by atoms with Crippen molar-refractivity contribution < 1.29 is 14.3 Å². The maximum Gasteiger partial charge on any atom is 0.340 e. The molecule has 0 aliphatic heterocycles. The molecule has 0 atom stereocenters. The van der Waals surface area contributed by atoms with Crippen LogP contribution in [-0.4, -0.2) is 27.2 Å². The van der Waals surface area contributed by atoms with Gasteiger partial charge in [0.25, 0.3) is 5.91 Å². The summed E-state index contributed by atoms with van der Waals surface area (Å²) in [5.74, 6) is -1.33. The molecule has 1 heterocycles. The van der Waals surface area contributed by atoms with Crippen LogP contribution < -0.4 is 11.1 Å². The minimum Gasteiger partial charge on any atom is -0.452 e. The number of hydrogen-bond acceptors (Lipinski definition) is 7. The first-order chi connectivity index (χ1) is 12.0. The maximum absolute atomic E-state index is 12.1. The fraction of sp³-hybridized carbons (Fsp3) is 0.0667. The number of nitrogens with zero attached hydrogens (tertiary/aromatic N) is 2. The molecule has 0 saturated heterocycles. The van der Waals surface area contributed by atoms with Gasteiger partial charge in [-0.15, -0.1) is 0 Å². The van der Waals surface area contributed by atoms with E-state index in [-0.39, 0.29) is 21.3 Å². The Kier molecular flexibility index (Phi) is 5.03. The number of halogens is 2. The van der Waals surface area contributed by atoms with Gasteiger partial charge in [0.1, 0.15) is 11.0 Å². The second-order valence-corrected chi connectivity index (χ2v) is 6.28. The summed E-state index contributed by atoms with van der Waals surface area (Å²) >= 11 is 12.7. The Morgan fingerprint density at radius 2 is 2.04 bits per heavy atom. The highest BCUT2D eigenvalue weighted by Crippen LogP contribution is 2.28. The van der Waals surface area contributed by atoms with Crippen LogP contribution in [0.3, 0.4) is 0 Å². The molecule has 7 nitrogen and oxygen atoms in total. The van der Waals surface area contributed by atoms with Gasteiger partial charge in [0.2, 0.25) is 0 Å². The zero-order chi connectivity index (χ0) is 18.0. The van der Waals surface area contributed by atoms with E-state index >= 15 is 0 Å². The molecule has 0 fully saturated rings. The molecule has 10 heteroatoms. The Hall–Kier alpha value is -2.42. The molecule has 0 spiro atoms. The number of esters is 1. The Morgan fingerprint density at radius 3 is 2.84 bits per heavy atom. The minimum absolute atomic E-state index is 0.00361. The van der Waals surface area contributed by atoms with Gasteiger partial charge in [-0.25, -0.2) is 4.79 Å². The van der Waals surface area contributed by atoms with Gasteiger partial charge in [-0.05, 0) is 24.3 Å². The molecular formula is C15H10Cl2N4O3S. The van der Waals surface area contributed by atoms with Gasteiger partial charge in [-0.1, -0.05) is 29.3 Å². The number of nitrogens with two attached hydrogens (primary N) is 1. The van der Waals surface area contributed by atoms with Crippen molar-refractivity contribution in [2.45, 2.75) is 0 Å². The predicted octanol–water partition coefficient (Wildman–Crippen LogP) is 3.38. The highest BCUT2D eigenvalue weighted by Gasteiger charge is 2.17. The summed E-state index contributed by atoms with van der Waals surface area (Å²) in [7, 11) is 0. The van der Waals surface area contributed by atoms with E-state index in [1.807, 2.05) is 0 Å². The molecular weight excluding hydrogens is 387 g/mol. The zero-order valence-electron chi connectivity index (χ0n) is 12.5. The van der Waals surface area contributed by atoms with Gasteiger partial charge in [-0.2, -0.15) is 8.75 Å². The van der Waals surface area contributed by atoms with Crippen molar-refractivity contribution in [3.8, 4) is 0 Å². The third-order valence-electron chi connectivity index (χ3n) is 3.21. The average molecular weight is 397 g/mol. The Morgan fingerprint density at radius 1 is 1.24 bits per heavy atom. The third-order valence-corrected chi connectivity index (χ3v) is 4.28. The lowest BCUT2D eigenvalue weighted by Gasteiger charge is -2.09. The number of carbonyl (C=O) groups excluding carboxylic acids is 2. The van der Waals surface area contributed by atoms with Crippen LogP contribution in [0.1, 0.15) is 10.4 Å². The number of ether oxygens (including phenoxy) is 1. The molecule has 0 aliphatic carbocycles. The summed E-state index contributed by atoms with van der Waals surface area (Å²) in [6, 6.07) is 7.92. The van der Waals surface area contributed by atoms with E-state index in [4.69, 9.17) is 33.7 Å². The maximum atomic E-state index is 12.1. The van der Waals surface area contributed by atoms with Crippen molar-refractivity contribution in [3.63, 3.8) is 0 Å². The van der Waals surface area contributed by atoms with Crippen molar-refractivity contribution in [3.05, 3.63) is 45.9 Å². The lowest BCUT2D eigenvalue weighted by Crippen LogP contribution is -2.21. The molecule has 0 saturated carbocycles. The molecule has 25 heavy (non-hydrogen) atoms. The average Bonchev–Trinajstić information content (AvgIpc) is 3.05. The fourth-order valence-corrected chi connectivity index (χ4v) is 3.10. The molecule has 0 unspecified atom stereocenters. The van der Waals surface area contributed by atoms with Crippen LogP contribution in [0, 0.1) is 0 Å². The lowest BCUT2D eigenvalue weighted by molar-refractivity contribution is -0.119. The number of carbonyl (C=O) groups is 2. The van der Waals surface area contributed by atoms with E-state index in [1.165, 1.54) is 12.1 Å². The predicted molar refractivity (Wildman–Crippen MR) is 97.2 cm³/mol. The van der Waals surface area contributed by atoms with Gasteiger partial charge in [0.15, 0.2) is 6.61 Å². The topological polar surface area (TPSA) is 107 Å². The quantitative estimate of drug-likeness (QED) is 0.516.